The third kappa shape index (κ3) is 5.24. The molecule has 0 aromatic rings. The first-order valence-corrected chi connectivity index (χ1v) is 7.15. The molecule has 1 amide bonds. The van der Waals surface area contributed by atoms with Crippen LogP contribution < -0.4 is 5.32 Å². The highest BCUT2D eigenvalue weighted by atomic mass is 32.2. The molecular weight excluding hydrogens is 258 g/mol. The molecule has 0 aromatic heterocycles. The number of ether oxygens (including phenoxy) is 1. The van der Waals surface area contributed by atoms with Gasteiger partial charge in [0.1, 0.15) is 6.10 Å². The normalized spacial score (nSPS) is 22.9. The molecule has 6 nitrogen and oxygen atoms in total. The number of rotatable bonds is 8. The Morgan fingerprint density at radius 3 is 2.61 bits per heavy atom. The van der Waals surface area contributed by atoms with Crippen LogP contribution >= 0.6 is 11.8 Å². The second-order valence-corrected chi connectivity index (χ2v) is 5.23. The lowest BCUT2D eigenvalue weighted by atomic mass is 10.2. The molecule has 0 bridgehead atoms. The highest BCUT2D eigenvalue weighted by Gasteiger charge is 2.34. The standard InChI is InChI=1S/C11H19NO5S/c13-5-1-6-18-7-4-12-10(14)8-2-3-9(17-8)11(15)16/h8-9,13H,1-7H2,(H,12,14)(H,15,16). The number of hydrogen-bond donors (Lipinski definition) is 3. The van der Waals surface area contributed by atoms with Crippen molar-refractivity contribution in [3.05, 3.63) is 0 Å². The van der Waals surface area contributed by atoms with Crippen molar-refractivity contribution in [1.82, 2.24) is 5.32 Å². The number of aliphatic carboxylic acids is 1. The van der Waals surface area contributed by atoms with Crippen molar-refractivity contribution in [2.75, 3.05) is 24.7 Å². The summed E-state index contributed by atoms with van der Waals surface area (Å²) < 4.78 is 5.13. The largest absolute Gasteiger partial charge is 0.479 e. The second kappa shape index (κ2) is 8.34. The summed E-state index contributed by atoms with van der Waals surface area (Å²) in [4.78, 5) is 22.3. The maximum absolute atomic E-state index is 11.6. The molecule has 1 saturated heterocycles. The van der Waals surface area contributed by atoms with Gasteiger partial charge in [-0.15, -0.1) is 0 Å². The average Bonchev–Trinajstić information content (AvgIpc) is 2.83. The summed E-state index contributed by atoms with van der Waals surface area (Å²) in [6.07, 6.45) is 0.122. The van der Waals surface area contributed by atoms with Gasteiger partial charge in [0.2, 0.25) is 5.91 Å². The lowest BCUT2D eigenvalue weighted by Crippen LogP contribution is -2.36. The van der Waals surface area contributed by atoms with Gasteiger partial charge in [-0.05, 0) is 25.0 Å². The second-order valence-electron chi connectivity index (χ2n) is 4.01. The fraction of sp³-hybridized carbons (Fsp3) is 0.818. The summed E-state index contributed by atoms with van der Waals surface area (Å²) in [7, 11) is 0. The van der Waals surface area contributed by atoms with E-state index in [1.165, 1.54) is 0 Å². The first-order valence-electron chi connectivity index (χ1n) is 5.99. The number of carbonyl (C=O) groups excluding carboxylic acids is 1. The number of carboxylic acid groups (broad SMARTS) is 1. The van der Waals surface area contributed by atoms with Gasteiger partial charge in [-0.25, -0.2) is 4.79 Å². The zero-order valence-corrected chi connectivity index (χ0v) is 10.9. The monoisotopic (exact) mass is 277 g/mol. The van der Waals surface area contributed by atoms with Crippen molar-refractivity contribution in [1.29, 1.82) is 0 Å². The van der Waals surface area contributed by atoms with E-state index < -0.39 is 18.2 Å². The SMILES string of the molecule is O=C(O)C1CCC(C(=O)NCCSCCCO)O1. The van der Waals surface area contributed by atoms with Gasteiger partial charge in [0.15, 0.2) is 6.10 Å². The molecule has 104 valence electrons. The van der Waals surface area contributed by atoms with Crippen molar-refractivity contribution >= 4 is 23.6 Å². The summed E-state index contributed by atoms with van der Waals surface area (Å²) in [5, 5.41) is 20.0. The fourth-order valence-corrected chi connectivity index (χ4v) is 2.42. The highest BCUT2D eigenvalue weighted by Crippen LogP contribution is 2.19. The average molecular weight is 277 g/mol. The molecule has 1 rings (SSSR count). The minimum atomic E-state index is -1.01. The number of carboxylic acids is 1. The number of hydrogen-bond acceptors (Lipinski definition) is 5. The smallest absolute Gasteiger partial charge is 0.332 e. The van der Waals surface area contributed by atoms with Crippen LogP contribution in [0.2, 0.25) is 0 Å². The Bertz CT molecular complexity index is 287. The van der Waals surface area contributed by atoms with E-state index >= 15 is 0 Å². The van der Waals surface area contributed by atoms with Gasteiger partial charge in [-0.2, -0.15) is 11.8 Å². The molecule has 0 aliphatic carbocycles. The van der Waals surface area contributed by atoms with Gasteiger partial charge in [0, 0.05) is 18.9 Å². The van der Waals surface area contributed by atoms with E-state index in [2.05, 4.69) is 5.32 Å². The summed E-state index contributed by atoms with van der Waals surface area (Å²) in [6, 6.07) is 0. The first kappa shape index (κ1) is 15.3. The number of aliphatic hydroxyl groups is 1. The van der Waals surface area contributed by atoms with Crippen molar-refractivity contribution in [3.8, 4) is 0 Å². The van der Waals surface area contributed by atoms with Crippen LogP contribution in [-0.2, 0) is 14.3 Å². The van der Waals surface area contributed by atoms with Crippen LogP contribution in [-0.4, -0.2) is 59.0 Å². The van der Waals surface area contributed by atoms with Crippen LogP contribution in [0.15, 0.2) is 0 Å². The van der Waals surface area contributed by atoms with Crippen molar-refractivity contribution in [2.24, 2.45) is 0 Å². The lowest BCUT2D eigenvalue weighted by Gasteiger charge is -2.11. The van der Waals surface area contributed by atoms with Gasteiger partial charge in [0.05, 0.1) is 0 Å². The molecule has 18 heavy (non-hydrogen) atoms. The van der Waals surface area contributed by atoms with Gasteiger partial charge < -0.3 is 20.3 Å². The third-order valence-electron chi connectivity index (χ3n) is 2.58. The Labute approximate surface area is 110 Å². The van der Waals surface area contributed by atoms with Crippen molar-refractivity contribution < 1.29 is 24.5 Å². The molecule has 1 fully saturated rings. The molecule has 0 radical (unpaired) electrons. The summed E-state index contributed by atoms with van der Waals surface area (Å²) in [5.41, 5.74) is 0. The predicted molar refractivity (Wildman–Crippen MR) is 67.6 cm³/mol. The van der Waals surface area contributed by atoms with E-state index in [0.717, 1.165) is 17.9 Å². The molecule has 1 aliphatic rings. The molecule has 0 aromatic carbocycles. The fourth-order valence-electron chi connectivity index (χ4n) is 1.64. The maximum Gasteiger partial charge on any atom is 0.332 e. The van der Waals surface area contributed by atoms with Crippen LogP contribution in [0.5, 0.6) is 0 Å². The van der Waals surface area contributed by atoms with Crippen molar-refractivity contribution in [2.45, 2.75) is 31.5 Å². The van der Waals surface area contributed by atoms with E-state index in [9.17, 15) is 9.59 Å². The molecule has 1 heterocycles. The summed E-state index contributed by atoms with van der Waals surface area (Å²) >= 11 is 1.66. The minimum absolute atomic E-state index is 0.186. The van der Waals surface area contributed by atoms with Crippen LogP contribution in [0.1, 0.15) is 19.3 Å². The molecule has 7 heteroatoms. The zero-order valence-electron chi connectivity index (χ0n) is 10.1. The van der Waals surface area contributed by atoms with Crippen molar-refractivity contribution in [3.63, 3.8) is 0 Å². The van der Waals surface area contributed by atoms with Gasteiger partial charge in [-0.1, -0.05) is 0 Å². The Balaban J connectivity index is 2.09. The zero-order chi connectivity index (χ0) is 13.4. The Kier molecular flexibility index (Phi) is 7.07. The number of carbonyl (C=O) groups is 2. The predicted octanol–water partition coefficient (Wildman–Crippen LogP) is -0.150. The van der Waals surface area contributed by atoms with Gasteiger partial charge >= 0.3 is 5.97 Å². The highest BCUT2D eigenvalue weighted by molar-refractivity contribution is 7.99. The quantitative estimate of drug-likeness (QED) is 0.534. The van der Waals surface area contributed by atoms with E-state index in [0.29, 0.717) is 19.4 Å². The molecule has 2 unspecified atom stereocenters. The van der Waals surface area contributed by atoms with E-state index in [1.54, 1.807) is 11.8 Å². The van der Waals surface area contributed by atoms with Crippen LogP contribution in [0.25, 0.3) is 0 Å². The van der Waals surface area contributed by atoms with Gasteiger partial charge in [-0.3, -0.25) is 4.79 Å². The molecule has 3 N–H and O–H groups in total. The van der Waals surface area contributed by atoms with E-state index in [-0.39, 0.29) is 12.5 Å². The number of nitrogens with one attached hydrogen (secondary N) is 1. The van der Waals surface area contributed by atoms with E-state index in [4.69, 9.17) is 14.9 Å². The maximum atomic E-state index is 11.6. The lowest BCUT2D eigenvalue weighted by molar-refractivity contribution is -0.151. The van der Waals surface area contributed by atoms with E-state index in [1.807, 2.05) is 0 Å². The van der Waals surface area contributed by atoms with Crippen LogP contribution in [0, 0.1) is 0 Å². The van der Waals surface area contributed by atoms with Crippen LogP contribution in [0.3, 0.4) is 0 Å². The third-order valence-corrected chi connectivity index (χ3v) is 3.65. The Morgan fingerprint density at radius 2 is 2.00 bits per heavy atom. The molecule has 2 atom stereocenters. The van der Waals surface area contributed by atoms with Gasteiger partial charge in [0.25, 0.3) is 0 Å². The molecule has 0 spiro atoms. The summed E-state index contributed by atoms with van der Waals surface area (Å²) in [5.74, 6) is 0.403. The molecule has 1 aliphatic heterocycles. The van der Waals surface area contributed by atoms with Crippen LogP contribution in [0.4, 0.5) is 0 Å². The first-order chi connectivity index (χ1) is 8.65. The summed E-state index contributed by atoms with van der Waals surface area (Å²) in [6.45, 7) is 0.721. The molecular formula is C11H19NO5S. The number of aliphatic hydroxyl groups excluding tert-OH is 1. The molecule has 0 saturated carbocycles. The minimum Gasteiger partial charge on any atom is -0.479 e. The Morgan fingerprint density at radius 1 is 1.28 bits per heavy atom. The topological polar surface area (TPSA) is 95.9 Å². The Hall–Kier alpha value is -0.790. The number of amides is 1. The number of thioether (sulfide) groups is 1.